The quantitative estimate of drug-likeness (QED) is 0.171. The Hall–Kier alpha value is -3.71. The van der Waals surface area contributed by atoms with E-state index >= 15 is 8.78 Å². The second-order valence-corrected chi connectivity index (χ2v) is 9.66. The second kappa shape index (κ2) is 12.0. The zero-order chi connectivity index (χ0) is 28.2. The molecule has 3 aromatic rings. The average molecular weight is 543 g/mol. The minimum Gasteiger partial charge on any atom is -0.206 e. The van der Waals surface area contributed by atoms with Gasteiger partial charge in [0.25, 0.3) is 0 Å². The van der Waals surface area contributed by atoms with E-state index in [0.717, 1.165) is 55.0 Å². The summed E-state index contributed by atoms with van der Waals surface area (Å²) in [5.74, 6) is 4.39. The summed E-state index contributed by atoms with van der Waals surface area (Å²) < 4.78 is 96.2. The van der Waals surface area contributed by atoms with E-state index in [0.29, 0.717) is 5.92 Å². The zero-order valence-corrected chi connectivity index (χ0v) is 21.2. The molecule has 0 aliphatic heterocycles. The second-order valence-electron chi connectivity index (χ2n) is 9.66. The van der Waals surface area contributed by atoms with Crippen LogP contribution in [0.25, 0.3) is 21.9 Å². The van der Waals surface area contributed by atoms with Crippen LogP contribution in [0.2, 0.25) is 0 Å². The third-order valence-electron chi connectivity index (χ3n) is 6.79. The van der Waals surface area contributed by atoms with Crippen molar-refractivity contribution in [2.75, 3.05) is 0 Å². The van der Waals surface area contributed by atoms with Gasteiger partial charge in [-0.05, 0) is 66.0 Å². The van der Waals surface area contributed by atoms with Crippen LogP contribution in [0.1, 0.15) is 63.0 Å². The molecule has 0 N–H and O–H groups in total. The van der Waals surface area contributed by atoms with Crippen LogP contribution >= 0.6 is 0 Å². The van der Waals surface area contributed by atoms with E-state index < -0.39 is 40.6 Å². The molecule has 0 saturated carbocycles. The Kier molecular flexibility index (Phi) is 8.70. The predicted octanol–water partition coefficient (Wildman–Crippen LogP) is 9.64. The first kappa shape index (κ1) is 28.3. The van der Waals surface area contributed by atoms with E-state index in [1.165, 1.54) is 43.7 Å². The van der Waals surface area contributed by atoms with Crippen LogP contribution in [0.3, 0.4) is 0 Å². The Morgan fingerprint density at radius 1 is 0.872 bits per heavy atom. The molecular weight excluding hydrogens is 517 g/mol. The molecule has 1 aliphatic rings. The lowest BCUT2D eigenvalue weighted by atomic mass is 9.86. The first-order valence-corrected chi connectivity index (χ1v) is 12.8. The Labute approximate surface area is 222 Å². The highest BCUT2D eigenvalue weighted by Crippen LogP contribution is 2.33. The number of benzene rings is 3. The van der Waals surface area contributed by atoms with Crippen LogP contribution in [0.5, 0.6) is 0 Å². The van der Waals surface area contributed by atoms with Crippen molar-refractivity contribution in [3.63, 3.8) is 0 Å². The third-order valence-corrected chi connectivity index (χ3v) is 6.79. The Morgan fingerprint density at radius 3 is 2.26 bits per heavy atom. The molecule has 0 aromatic heterocycles. The summed E-state index contributed by atoms with van der Waals surface area (Å²) in [6, 6.07) is 6.48. The van der Waals surface area contributed by atoms with E-state index in [4.69, 9.17) is 0 Å². The molecule has 0 nitrogen and oxygen atoms in total. The Balaban J connectivity index is 1.58. The maximum absolute atomic E-state index is 15.0. The molecular formula is C32H25F7. The molecule has 0 amide bonds. The summed E-state index contributed by atoms with van der Waals surface area (Å²) in [7, 11) is 0. The summed E-state index contributed by atoms with van der Waals surface area (Å²) in [5, 5.41) is -0.316. The molecule has 3 aromatic carbocycles. The van der Waals surface area contributed by atoms with E-state index in [1.54, 1.807) is 0 Å². The first-order valence-electron chi connectivity index (χ1n) is 12.8. The zero-order valence-electron chi connectivity index (χ0n) is 21.2. The van der Waals surface area contributed by atoms with Gasteiger partial charge in [0, 0.05) is 16.9 Å². The van der Waals surface area contributed by atoms with Crippen LogP contribution in [0.15, 0.2) is 48.0 Å². The van der Waals surface area contributed by atoms with Crippen LogP contribution in [-0.4, -0.2) is 6.18 Å². The van der Waals surface area contributed by atoms with Gasteiger partial charge in [-0.15, -0.1) is 0 Å². The summed E-state index contributed by atoms with van der Waals surface area (Å²) in [4.78, 5) is 0. The first-order chi connectivity index (χ1) is 18.6. The smallest absolute Gasteiger partial charge is 0.206 e. The monoisotopic (exact) mass is 542 g/mol. The number of fused-ring (bicyclic) bond motifs is 1. The molecule has 1 aliphatic carbocycles. The van der Waals surface area contributed by atoms with Gasteiger partial charge < -0.3 is 0 Å². The lowest BCUT2D eigenvalue weighted by Crippen LogP contribution is -2.05. The number of rotatable bonds is 5. The van der Waals surface area contributed by atoms with Crippen molar-refractivity contribution in [1.29, 1.82) is 0 Å². The van der Waals surface area contributed by atoms with Gasteiger partial charge >= 0.3 is 6.18 Å². The SMILES string of the molecule is CCCCCC1CC=C(C#Cc2cc(F)c(-c3ccc4c(F)c(C#CC(F)(F)F)c(F)cc4c3)c(F)c2)CC1. The average Bonchev–Trinajstić information content (AvgIpc) is 2.87. The number of unbranched alkanes of at least 4 members (excludes halogenated alkanes) is 2. The molecule has 1 atom stereocenters. The van der Waals surface area contributed by atoms with Gasteiger partial charge in [-0.1, -0.05) is 68.6 Å². The lowest BCUT2D eigenvalue weighted by molar-refractivity contribution is -0.0696. The minimum atomic E-state index is -4.92. The van der Waals surface area contributed by atoms with Gasteiger partial charge in [0.15, 0.2) is 0 Å². The molecule has 39 heavy (non-hydrogen) atoms. The molecule has 0 saturated heterocycles. The summed E-state index contributed by atoms with van der Waals surface area (Å²) in [6.45, 7) is 2.18. The Morgan fingerprint density at radius 2 is 1.62 bits per heavy atom. The number of hydrogen-bond acceptors (Lipinski definition) is 0. The lowest BCUT2D eigenvalue weighted by Gasteiger charge is -2.19. The van der Waals surface area contributed by atoms with Crippen LogP contribution in [0, 0.1) is 52.9 Å². The summed E-state index contributed by atoms with van der Waals surface area (Å²) in [5.41, 5.74) is -0.326. The molecule has 0 spiro atoms. The minimum absolute atomic E-state index is 0.00837. The van der Waals surface area contributed by atoms with Crippen molar-refractivity contribution < 1.29 is 30.7 Å². The highest BCUT2D eigenvalue weighted by atomic mass is 19.4. The van der Waals surface area contributed by atoms with Gasteiger partial charge in [0.05, 0.1) is 11.1 Å². The van der Waals surface area contributed by atoms with Crippen molar-refractivity contribution in [3.05, 3.63) is 82.4 Å². The van der Waals surface area contributed by atoms with Crippen LogP contribution in [0.4, 0.5) is 30.7 Å². The van der Waals surface area contributed by atoms with E-state index in [1.807, 2.05) is 0 Å². The molecule has 0 bridgehead atoms. The van der Waals surface area contributed by atoms with Crippen molar-refractivity contribution >= 4 is 10.8 Å². The van der Waals surface area contributed by atoms with Gasteiger partial charge in [0.1, 0.15) is 23.3 Å². The maximum atomic E-state index is 15.0. The largest absolute Gasteiger partial charge is 0.458 e. The molecule has 1 unspecified atom stereocenters. The molecule has 0 radical (unpaired) electrons. The van der Waals surface area contributed by atoms with Crippen molar-refractivity contribution in [2.45, 2.75) is 58.0 Å². The number of allylic oxidation sites excluding steroid dienone is 2. The van der Waals surface area contributed by atoms with Gasteiger partial charge in [0.2, 0.25) is 0 Å². The molecule has 7 heteroatoms. The standard InChI is InChI=1S/C32H25F7/c1-2-3-4-5-20-6-8-21(9-7-20)10-11-22-16-28(34)30(29(35)17-22)23-12-13-25-24(18-23)19-27(33)26(31(25)36)14-15-32(37,38)39/h8,12-13,16-20H,2-7,9H2,1H3. The van der Waals surface area contributed by atoms with E-state index in [9.17, 15) is 22.0 Å². The van der Waals surface area contributed by atoms with Crippen molar-refractivity contribution in [3.8, 4) is 34.8 Å². The number of halogens is 7. The van der Waals surface area contributed by atoms with E-state index in [2.05, 4.69) is 24.8 Å². The topological polar surface area (TPSA) is 0 Å². The van der Waals surface area contributed by atoms with Crippen molar-refractivity contribution in [2.24, 2.45) is 5.92 Å². The highest BCUT2D eigenvalue weighted by Gasteiger charge is 2.24. The third kappa shape index (κ3) is 7.03. The van der Waals surface area contributed by atoms with Gasteiger partial charge in [-0.25, -0.2) is 17.6 Å². The van der Waals surface area contributed by atoms with Gasteiger partial charge in [-0.2, -0.15) is 13.2 Å². The van der Waals surface area contributed by atoms with Crippen molar-refractivity contribution in [1.82, 2.24) is 0 Å². The maximum Gasteiger partial charge on any atom is 0.458 e. The summed E-state index contributed by atoms with van der Waals surface area (Å²) >= 11 is 0. The fourth-order valence-corrected chi connectivity index (χ4v) is 4.75. The predicted molar refractivity (Wildman–Crippen MR) is 139 cm³/mol. The van der Waals surface area contributed by atoms with Crippen LogP contribution in [-0.2, 0) is 0 Å². The summed E-state index contributed by atoms with van der Waals surface area (Å²) in [6.07, 6.45) is 4.85. The fourth-order valence-electron chi connectivity index (χ4n) is 4.75. The van der Waals surface area contributed by atoms with Crippen LogP contribution < -0.4 is 0 Å². The molecule has 0 heterocycles. The fraction of sp³-hybridized carbons (Fsp3) is 0.312. The molecule has 0 fully saturated rings. The number of hydrogen-bond donors (Lipinski definition) is 0. The highest BCUT2D eigenvalue weighted by molar-refractivity contribution is 5.89. The normalized spacial score (nSPS) is 15.3. The van der Waals surface area contributed by atoms with E-state index in [-0.39, 0.29) is 21.9 Å². The molecule has 202 valence electrons. The number of alkyl halides is 3. The molecule has 4 rings (SSSR count). The van der Waals surface area contributed by atoms with Gasteiger partial charge in [-0.3, -0.25) is 0 Å². The Bertz CT molecular complexity index is 1520.